The fourth-order valence-electron chi connectivity index (χ4n) is 2.54. The van der Waals surface area contributed by atoms with Crippen LogP contribution in [-0.4, -0.2) is 47.6 Å². The largest absolute Gasteiger partial charge is 0.479 e. The van der Waals surface area contributed by atoms with Gasteiger partial charge in [-0.05, 0) is 39.8 Å². The molecule has 1 N–H and O–H groups in total. The van der Waals surface area contributed by atoms with E-state index in [1.165, 1.54) is 0 Å². The maximum absolute atomic E-state index is 12.9. The van der Waals surface area contributed by atoms with Gasteiger partial charge in [0.25, 0.3) is 0 Å². The molecule has 0 spiro atoms. The summed E-state index contributed by atoms with van der Waals surface area (Å²) in [6, 6.07) is 0. The molecule has 1 rings (SSSR count). The minimum absolute atomic E-state index is 0.170. The smallest absolute Gasteiger partial charge is 0.362 e. The second-order valence-electron chi connectivity index (χ2n) is 4.14. The van der Waals surface area contributed by atoms with E-state index in [1.54, 1.807) is 18.7 Å². The molecule has 0 aromatic carbocycles. The van der Waals surface area contributed by atoms with Gasteiger partial charge in [0.2, 0.25) is 5.28 Å². The molecular formula is C11H22NO5P. The number of hydrogen-bond donors (Lipinski definition) is 1. The Morgan fingerprint density at radius 2 is 1.89 bits per heavy atom. The van der Waals surface area contributed by atoms with Crippen molar-refractivity contribution in [3.8, 4) is 0 Å². The van der Waals surface area contributed by atoms with Gasteiger partial charge in [-0.25, -0.2) is 4.79 Å². The predicted molar refractivity (Wildman–Crippen MR) is 67.7 cm³/mol. The highest BCUT2D eigenvalue weighted by atomic mass is 31.2. The molecular weight excluding hydrogens is 257 g/mol. The average Bonchev–Trinajstić information content (AvgIpc) is 2.74. The van der Waals surface area contributed by atoms with Gasteiger partial charge >= 0.3 is 13.6 Å². The van der Waals surface area contributed by atoms with Gasteiger partial charge in [-0.15, -0.1) is 0 Å². The van der Waals surface area contributed by atoms with Gasteiger partial charge in [-0.2, -0.15) is 0 Å². The lowest BCUT2D eigenvalue weighted by atomic mass is 10.2. The highest BCUT2D eigenvalue weighted by Gasteiger charge is 2.62. The van der Waals surface area contributed by atoms with Crippen LogP contribution in [0.2, 0.25) is 0 Å². The van der Waals surface area contributed by atoms with E-state index < -0.39 is 18.8 Å². The first kappa shape index (κ1) is 15.6. The number of likely N-dealkylation sites (tertiary alicyclic amines) is 1. The Morgan fingerprint density at radius 3 is 2.28 bits per heavy atom. The Hall–Kier alpha value is -0.420. The molecule has 0 amide bonds. The van der Waals surface area contributed by atoms with Gasteiger partial charge in [0.05, 0.1) is 13.2 Å². The molecule has 18 heavy (non-hydrogen) atoms. The van der Waals surface area contributed by atoms with Gasteiger partial charge in [0.15, 0.2) is 0 Å². The van der Waals surface area contributed by atoms with Crippen LogP contribution in [0.25, 0.3) is 0 Å². The molecule has 0 aliphatic carbocycles. The molecule has 1 atom stereocenters. The van der Waals surface area contributed by atoms with Crippen LogP contribution in [0.15, 0.2) is 0 Å². The lowest BCUT2D eigenvalue weighted by molar-refractivity contribution is -0.145. The number of likely N-dealkylation sites (N-methyl/N-ethyl adjacent to an activating group) is 1. The molecule has 0 bridgehead atoms. The molecule has 0 saturated carbocycles. The van der Waals surface area contributed by atoms with E-state index in [-0.39, 0.29) is 13.2 Å². The predicted octanol–water partition coefficient (Wildman–Crippen LogP) is 2.15. The zero-order valence-corrected chi connectivity index (χ0v) is 12.1. The Bertz CT molecular complexity index is 338. The van der Waals surface area contributed by atoms with Crippen LogP contribution >= 0.6 is 7.60 Å². The monoisotopic (exact) mass is 279 g/mol. The molecule has 0 unspecified atom stereocenters. The minimum Gasteiger partial charge on any atom is -0.479 e. The summed E-state index contributed by atoms with van der Waals surface area (Å²) in [5.41, 5.74) is 0. The van der Waals surface area contributed by atoms with Crippen LogP contribution < -0.4 is 0 Å². The van der Waals surface area contributed by atoms with Crippen LogP contribution in [0.5, 0.6) is 0 Å². The quantitative estimate of drug-likeness (QED) is 0.720. The maximum Gasteiger partial charge on any atom is 0.362 e. The zero-order chi connectivity index (χ0) is 13.8. The van der Waals surface area contributed by atoms with Crippen molar-refractivity contribution in [3.63, 3.8) is 0 Å². The summed E-state index contributed by atoms with van der Waals surface area (Å²) in [5, 5.41) is 8.06. The molecule has 1 saturated heterocycles. The highest BCUT2D eigenvalue weighted by Crippen LogP contribution is 2.64. The van der Waals surface area contributed by atoms with Crippen molar-refractivity contribution >= 4 is 13.6 Å². The van der Waals surface area contributed by atoms with Crippen molar-refractivity contribution in [1.29, 1.82) is 0 Å². The fraction of sp³-hybridized carbons (Fsp3) is 0.909. The van der Waals surface area contributed by atoms with Gasteiger partial charge < -0.3 is 14.2 Å². The average molecular weight is 279 g/mol. The first-order valence-corrected chi connectivity index (χ1v) is 7.90. The zero-order valence-electron chi connectivity index (χ0n) is 11.2. The van der Waals surface area contributed by atoms with Gasteiger partial charge in [-0.3, -0.25) is 9.46 Å². The molecule has 0 radical (unpaired) electrons. The third-order valence-electron chi connectivity index (χ3n) is 3.25. The molecule has 1 heterocycles. The Balaban J connectivity index is 3.24. The second-order valence-corrected chi connectivity index (χ2v) is 6.39. The summed E-state index contributed by atoms with van der Waals surface area (Å²) in [6.45, 7) is 6.68. The molecule has 1 fully saturated rings. The van der Waals surface area contributed by atoms with Crippen molar-refractivity contribution < 1.29 is 23.5 Å². The number of aliphatic carboxylic acids is 1. The van der Waals surface area contributed by atoms with Crippen LogP contribution in [0, 0.1) is 0 Å². The number of carbonyl (C=O) groups is 1. The lowest BCUT2D eigenvalue weighted by Crippen LogP contribution is -2.50. The molecule has 7 heteroatoms. The number of carboxylic acid groups (broad SMARTS) is 1. The standard InChI is InChI=1S/C11H22NO5P/c1-4-12-9-7-8-11(12,10(13)14)18(15,16-5-2)17-6-3/h4-9H2,1-3H3,(H,13,14)/t11-/m1/s1. The Morgan fingerprint density at radius 1 is 1.33 bits per heavy atom. The Kier molecular flexibility index (Phi) is 5.34. The fourth-order valence-corrected chi connectivity index (χ4v) is 4.98. The molecule has 0 aromatic heterocycles. The van der Waals surface area contributed by atoms with Crippen molar-refractivity contribution in [2.45, 2.75) is 38.9 Å². The van der Waals surface area contributed by atoms with Crippen LogP contribution in [0.3, 0.4) is 0 Å². The summed E-state index contributed by atoms with van der Waals surface area (Å²) >= 11 is 0. The SMILES string of the molecule is CCOP(=O)(OCC)[C@@]1(C(=O)O)CCCN1CC. The summed E-state index contributed by atoms with van der Waals surface area (Å²) in [4.78, 5) is 13.4. The normalized spacial score (nSPS) is 25.5. The van der Waals surface area contributed by atoms with E-state index in [9.17, 15) is 14.5 Å². The summed E-state index contributed by atoms with van der Waals surface area (Å²) in [7, 11) is -3.70. The number of rotatable bonds is 7. The first-order valence-electron chi connectivity index (χ1n) is 6.36. The number of nitrogens with zero attached hydrogens (tertiary/aromatic N) is 1. The molecule has 1 aliphatic heterocycles. The topological polar surface area (TPSA) is 76.1 Å². The third-order valence-corrected chi connectivity index (χ3v) is 6.05. The lowest BCUT2D eigenvalue weighted by Gasteiger charge is -2.38. The van der Waals surface area contributed by atoms with Gasteiger partial charge in [-0.1, -0.05) is 6.92 Å². The molecule has 1 aliphatic rings. The van der Waals surface area contributed by atoms with Gasteiger partial charge in [0, 0.05) is 0 Å². The van der Waals surface area contributed by atoms with Crippen LogP contribution in [0.4, 0.5) is 0 Å². The van der Waals surface area contributed by atoms with E-state index in [4.69, 9.17) is 9.05 Å². The van der Waals surface area contributed by atoms with E-state index in [0.717, 1.165) is 0 Å². The molecule has 6 nitrogen and oxygen atoms in total. The van der Waals surface area contributed by atoms with Crippen LogP contribution in [0.1, 0.15) is 33.6 Å². The highest BCUT2D eigenvalue weighted by molar-refractivity contribution is 7.56. The van der Waals surface area contributed by atoms with E-state index >= 15 is 0 Å². The third kappa shape index (κ3) is 2.35. The van der Waals surface area contributed by atoms with Crippen molar-refractivity contribution in [2.24, 2.45) is 0 Å². The summed E-state index contributed by atoms with van der Waals surface area (Å²) < 4.78 is 23.4. The van der Waals surface area contributed by atoms with Crippen molar-refractivity contribution in [3.05, 3.63) is 0 Å². The van der Waals surface area contributed by atoms with E-state index in [1.807, 2.05) is 6.92 Å². The van der Waals surface area contributed by atoms with Crippen LogP contribution in [-0.2, 0) is 18.4 Å². The first-order chi connectivity index (χ1) is 8.48. The van der Waals surface area contributed by atoms with E-state index in [2.05, 4.69) is 0 Å². The van der Waals surface area contributed by atoms with Crippen molar-refractivity contribution in [2.75, 3.05) is 26.3 Å². The second kappa shape index (κ2) is 6.15. The van der Waals surface area contributed by atoms with Gasteiger partial charge in [0.1, 0.15) is 0 Å². The summed E-state index contributed by atoms with van der Waals surface area (Å²) in [6.07, 6.45) is 0.984. The van der Waals surface area contributed by atoms with Crippen molar-refractivity contribution in [1.82, 2.24) is 4.90 Å². The Labute approximate surface area is 108 Å². The number of hydrogen-bond acceptors (Lipinski definition) is 5. The minimum atomic E-state index is -3.70. The van der Waals surface area contributed by atoms with E-state index in [0.29, 0.717) is 25.9 Å². The summed E-state index contributed by atoms with van der Waals surface area (Å²) in [5.74, 6) is -1.12. The maximum atomic E-state index is 12.9. The molecule has 0 aromatic rings. The molecule has 106 valence electrons. The number of carboxylic acids is 1.